The second kappa shape index (κ2) is 5.53. The minimum atomic E-state index is -2.30. The zero-order valence-electron chi connectivity index (χ0n) is 12.5. The SMILES string of the molecule is NC1=NP(c2ccccc2)(c2ccccc2)=Nc2ccccc21. The first-order chi connectivity index (χ1) is 11.3. The van der Waals surface area contributed by atoms with Crippen molar-refractivity contribution in [1.82, 2.24) is 0 Å². The van der Waals surface area contributed by atoms with Gasteiger partial charge in [0.05, 0.1) is 5.69 Å². The molecule has 0 amide bonds. The molecule has 0 fully saturated rings. The van der Waals surface area contributed by atoms with E-state index in [-0.39, 0.29) is 0 Å². The number of hydrogen-bond acceptors (Lipinski definition) is 3. The smallest absolute Gasteiger partial charge is 0.138 e. The molecule has 0 saturated carbocycles. The molecule has 3 aromatic carbocycles. The molecule has 23 heavy (non-hydrogen) atoms. The Morgan fingerprint density at radius 1 is 0.652 bits per heavy atom. The summed E-state index contributed by atoms with van der Waals surface area (Å²) in [5, 5.41) is 2.23. The molecule has 1 aliphatic heterocycles. The van der Waals surface area contributed by atoms with Crippen LogP contribution in [0.5, 0.6) is 0 Å². The molecule has 0 radical (unpaired) electrons. The second-order valence-electron chi connectivity index (χ2n) is 5.37. The van der Waals surface area contributed by atoms with Crippen LogP contribution in [0.4, 0.5) is 5.69 Å². The fourth-order valence-electron chi connectivity index (χ4n) is 2.82. The zero-order valence-corrected chi connectivity index (χ0v) is 13.4. The highest BCUT2D eigenvalue weighted by Gasteiger charge is 2.28. The largest absolute Gasteiger partial charge is 0.383 e. The topological polar surface area (TPSA) is 50.7 Å². The highest BCUT2D eigenvalue weighted by Crippen LogP contribution is 2.54. The fraction of sp³-hybridized carbons (Fsp3) is 0. The normalized spacial score (nSPS) is 15.2. The van der Waals surface area contributed by atoms with Gasteiger partial charge in [-0.2, -0.15) is 0 Å². The number of amidine groups is 1. The third kappa shape index (κ3) is 2.30. The Labute approximate surface area is 135 Å². The molecule has 3 nitrogen and oxygen atoms in total. The predicted molar refractivity (Wildman–Crippen MR) is 98.3 cm³/mol. The van der Waals surface area contributed by atoms with E-state index in [0.29, 0.717) is 5.84 Å². The zero-order chi connectivity index (χ0) is 15.7. The maximum Gasteiger partial charge on any atom is 0.138 e. The van der Waals surface area contributed by atoms with Gasteiger partial charge in [0.2, 0.25) is 0 Å². The van der Waals surface area contributed by atoms with Crippen molar-refractivity contribution >= 4 is 29.3 Å². The number of benzene rings is 3. The molecule has 0 aromatic heterocycles. The highest BCUT2D eigenvalue weighted by atomic mass is 31.2. The lowest BCUT2D eigenvalue weighted by atomic mass is 10.2. The monoisotopic (exact) mass is 317 g/mol. The molecular weight excluding hydrogens is 301 g/mol. The molecular formula is C19H16N3P. The first-order valence-corrected chi connectivity index (χ1v) is 9.18. The van der Waals surface area contributed by atoms with Gasteiger partial charge in [-0.15, -0.1) is 0 Å². The Morgan fingerprint density at radius 2 is 1.17 bits per heavy atom. The van der Waals surface area contributed by atoms with Gasteiger partial charge in [0.15, 0.2) is 0 Å². The summed E-state index contributed by atoms with van der Waals surface area (Å²) in [4.78, 5) is 0. The van der Waals surface area contributed by atoms with Crippen molar-refractivity contribution in [2.45, 2.75) is 0 Å². The highest BCUT2D eigenvalue weighted by molar-refractivity contribution is 7.80. The Balaban J connectivity index is 2.09. The summed E-state index contributed by atoms with van der Waals surface area (Å²) in [7, 11) is -2.30. The molecule has 0 spiro atoms. The first kappa shape index (κ1) is 14.0. The minimum Gasteiger partial charge on any atom is -0.383 e. The van der Waals surface area contributed by atoms with Crippen LogP contribution in [-0.4, -0.2) is 5.84 Å². The van der Waals surface area contributed by atoms with Crippen LogP contribution in [0.15, 0.2) is 94.4 Å². The molecule has 0 atom stereocenters. The summed E-state index contributed by atoms with van der Waals surface area (Å²) in [6.07, 6.45) is 0. The van der Waals surface area contributed by atoms with E-state index in [9.17, 15) is 0 Å². The molecule has 0 unspecified atom stereocenters. The molecule has 4 rings (SSSR count). The van der Waals surface area contributed by atoms with Crippen molar-refractivity contribution in [2.24, 2.45) is 15.2 Å². The van der Waals surface area contributed by atoms with E-state index >= 15 is 0 Å². The van der Waals surface area contributed by atoms with Crippen LogP contribution in [0.1, 0.15) is 5.56 Å². The van der Waals surface area contributed by atoms with Gasteiger partial charge in [-0.3, -0.25) is 0 Å². The van der Waals surface area contributed by atoms with Crippen LogP contribution in [-0.2, 0) is 0 Å². The van der Waals surface area contributed by atoms with Crippen LogP contribution < -0.4 is 16.3 Å². The van der Waals surface area contributed by atoms with E-state index < -0.39 is 7.21 Å². The Hall–Kier alpha value is -2.64. The molecule has 1 heterocycles. The number of fused-ring (bicyclic) bond motifs is 1. The van der Waals surface area contributed by atoms with Crippen LogP contribution in [0.25, 0.3) is 0 Å². The van der Waals surface area contributed by atoms with Crippen molar-refractivity contribution < 1.29 is 0 Å². The lowest BCUT2D eigenvalue weighted by Gasteiger charge is -2.26. The molecule has 0 bridgehead atoms. The fourth-order valence-corrected chi connectivity index (χ4v) is 5.70. The van der Waals surface area contributed by atoms with Gasteiger partial charge in [-0.1, -0.05) is 72.8 Å². The molecule has 0 saturated heterocycles. The summed E-state index contributed by atoms with van der Waals surface area (Å²) < 4.78 is 10.0. The van der Waals surface area contributed by atoms with Gasteiger partial charge < -0.3 is 5.73 Å². The van der Waals surface area contributed by atoms with Gasteiger partial charge in [0.1, 0.15) is 13.0 Å². The van der Waals surface area contributed by atoms with E-state index in [1.165, 1.54) is 0 Å². The lowest BCUT2D eigenvalue weighted by Crippen LogP contribution is -2.22. The van der Waals surface area contributed by atoms with Crippen LogP contribution in [0.2, 0.25) is 0 Å². The summed E-state index contributed by atoms with van der Waals surface area (Å²) in [6, 6.07) is 28.4. The summed E-state index contributed by atoms with van der Waals surface area (Å²) in [5.41, 5.74) is 8.14. The summed E-state index contributed by atoms with van der Waals surface area (Å²) >= 11 is 0. The van der Waals surface area contributed by atoms with E-state index in [1.54, 1.807) is 0 Å². The maximum atomic E-state index is 6.31. The molecule has 112 valence electrons. The molecule has 4 heteroatoms. The van der Waals surface area contributed by atoms with Crippen molar-refractivity contribution in [3.63, 3.8) is 0 Å². The average molecular weight is 317 g/mol. The van der Waals surface area contributed by atoms with Crippen molar-refractivity contribution in [3.05, 3.63) is 90.5 Å². The van der Waals surface area contributed by atoms with E-state index in [2.05, 4.69) is 24.3 Å². The van der Waals surface area contributed by atoms with Crippen molar-refractivity contribution in [1.29, 1.82) is 0 Å². The van der Waals surface area contributed by atoms with Gasteiger partial charge >= 0.3 is 0 Å². The van der Waals surface area contributed by atoms with Crippen LogP contribution in [0.3, 0.4) is 0 Å². The second-order valence-corrected chi connectivity index (χ2v) is 8.01. The van der Waals surface area contributed by atoms with Gasteiger partial charge in [0.25, 0.3) is 0 Å². The summed E-state index contributed by atoms with van der Waals surface area (Å²) in [6.45, 7) is 0. The molecule has 2 N–H and O–H groups in total. The Kier molecular flexibility index (Phi) is 3.36. The number of nitrogens with zero attached hydrogens (tertiary/aromatic N) is 2. The van der Waals surface area contributed by atoms with Gasteiger partial charge in [-0.05, 0) is 12.1 Å². The number of hydrogen-bond donors (Lipinski definition) is 1. The molecule has 3 aromatic rings. The first-order valence-electron chi connectivity index (χ1n) is 7.48. The van der Waals surface area contributed by atoms with E-state index in [1.807, 2.05) is 60.7 Å². The van der Waals surface area contributed by atoms with Crippen molar-refractivity contribution in [2.75, 3.05) is 0 Å². The molecule has 1 aliphatic rings. The Morgan fingerprint density at radius 3 is 1.78 bits per heavy atom. The standard InChI is InChI=1S/C19H16N3P/c20-19-17-13-7-8-14-18(17)21-23(22-19,15-9-3-1-4-10-15)16-11-5-2-6-12-16/h1-14H,(H2,20,22). The maximum absolute atomic E-state index is 6.31. The average Bonchev–Trinajstić information content (AvgIpc) is 2.63. The van der Waals surface area contributed by atoms with Crippen LogP contribution >= 0.6 is 7.21 Å². The molecule has 0 aliphatic carbocycles. The quantitative estimate of drug-likeness (QED) is 0.718. The van der Waals surface area contributed by atoms with Crippen LogP contribution in [0, 0.1) is 0 Å². The predicted octanol–water partition coefficient (Wildman–Crippen LogP) is 3.80. The third-order valence-electron chi connectivity index (χ3n) is 3.92. The third-order valence-corrected chi connectivity index (χ3v) is 6.96. The lowest BCUT2D eigenvalue weighted by molar-refractivity contribution is 1.44. The Bertz CT molecular complexity index is 888. The van der Waals surface area contributed by atoms with E-state index in [4.69, 9.17) is 15.2 Å². The van der Waals surface area contributed by atoms with Crippen molar-refractivity contribution in [3.8, 4) is 0 Å². The minimum absolute atomic E-state index is 0.566. The number of nitrogens with two attached hydrogens (primary N) is 1. The summed E-state index contributed by atoms with van der Waals surface area (Å²) in [5.74, 6) is 0.566. The van der Waals surface area contributed by atoms with E-state index in [0.717, 1.165) is 21.9 Å². The van der Waals surface area contributed by atoms with Gasteiger partial charge in [0, 0.05) is 16.2 Å². The number of rotatable bonds is 2. The van der Waals surface area contributed by atoms with Gasteiger partial charge in [-0.25, -0.2) is 9.51 Å².